The zero-order chi connectivity index (χ0) is 24.9. The smallest absolute Gasteiger partial charge is 0.211 e. The number of hydrogen-bond donors (Lipinski definition) is 1. The number of aryl methyl sites for hydroxylation is 2. The summed E-state index contributed by atoms with van der Waals surface area (Å²) in [6.45, 7) is 7.29. The van der Waals surface area contributed by atoms with Crippen molar-refractivity contribution in [1.82, 2.24) is 9.88 Å². The number of piperazine rings is 1. The molecule has 1 fully saturated rings. The summed E-state index contributed by atoms with van der Waals surface area (Å²) < 4.78 is 17.4. The Labute approximate surface area is 213 Å². The van der Waals surface area contributed by atoms with E-state index >= 15 is 0 Å². The van der Waals surface area contributed by atoms with Crippen LogP contribution in [-0.4, -0.2) is 56.8 Å². The number of para-hydroxylation sites is 3. The molecule has 0 bridgehead atoms. The maximum atomic E-state index is 6.38. The van der Waals surface area contributed by atoms with Crippen LogP contribution in [0.15, 0.2) is 66.9 Å². The van der Waals surface area contributed by atoms with Crippen molar-refractivity contribution in [2.45, 2.75) is 19.8 Å². The zero-order valence-corrected chi connectivity index (χ0v) is 21.4. The highest BCUT2D eigenvalue weighted by Gasteiger charge is 2.21. The van der Waals surface area contributed by atoms with Gasteiger partial charge in [-0.25, -0.2) is 0 Å². The van der Waals surface area contributed by atoms with Crippen LogP contribution in [0.5, 0.6) is 23.0 Å². The summed E-state index contributed by atoms with van der Waals surface area (Å²) in [6.07, 6.45) is 4.44. The normalized spacial score (nSPS) is 14.2. The van der Waals surface area contributed by atoms with Crippen LogP contribution in [0.3, 0.4) is 0 Å². The number of benzene rings is 3. The van der Waals surface area contributed by atoms with Crippen LogP contribution in [0.25, 0.3) is 10.9 Å². The van der Waals surface area contributed by atoms with E-state index in [-0.39, 0.29) is 0 Å². The molecule has 6 nitrogen and oxygen atoms in total. The highest BCUT2D eigenvalue weighted by atomic mass is 16.5. The van der Waals surface area contributed by atoms with Crippen molar-refractivity contribution in [3.05, 3.63) is 78.0 Å². The molecule has 1 aliphatic heterocycles. The molecule has 1 aliphatic rings. The lowest BCUT2D eigenvalue weighted by Crippen LogP contribution is -2.46. The molecule has 0 unspecified atom stereocenters. The minimum Gasteiger partial charge on any atom is -0.493 e. The fourth-order valence-electron chi connectivity index (χ4n) is 5.04. The van der Waals surface area contributed by atoms with Crippen LogP contribution in [0.1, 0.15) is 17.5 Å². The van der Waals surface area contributed by atoms with E-state index in [0.29, 0.717) is 17.2 Å². The number of methoxy groups -OCH3 is 2. The highest BCUT2D eigenvalue weighted by molar-refractivity contribution is 5.83. The molecule has 2 heterocycles. The third kappa shape index (κ3) is 5.14. The van der Waals surface area contributed by atoms with Gasteiger partial charge in [-0.2, -0.15) is 0 Å². The number of fused-ring (bicyclic) bond motifs is 1. The zero-order valence-electron chi connectivity index (χ0n) is 21.4. The average Bonchev–Trinajstić information content (AvgIpc) is 3.31. The lowest BCUT2D eigenvalue weighted by Gasteiger charge is -2.36. The van der Waals surface area contributed by atoms with E-state index in [1.165, 1.54) is 22.0 Å². The first-order valence-corrected chi connectivity index (χ1v) is 12.7. The van der Waals surface area contributed by atoms with Gasteiger partial charge in [0.25, 0.3) is 0 Å². The third-order valence-electron chi connectivity index (χ3n) is 7.02. The van der Waals surface area contributed by atoms with Crippen molar-refractivity contribution >= 4 is 16.6 Å². The van der Waals surface area contributed by atoms with E-state index < -0.39 is 0 Å². The van der Waals surface area contributed by atoms with Gasteiger partial charge in [-0.05, 0) is 68.3 Å². The molecule has 0 aliphatic carbocycles. The number of hydrogen-bond acceptors (Lipinski definition) is 5. The van der Waals surface area contributed by atoms with Gasteiger partial charge in [-0.15, -0.1) is 0 Å². The number of H-pyrrole nitrogens is 1. The first kappa shape index (κ1) is 24.1. The number of nitrogens with one attached hydrogen (secondary N) is 1. The second-order valence-corrected chi connectivity index (χ2v) is 9.36. The minimum absolute atomic E-state index is 0.598. The Balaban J connectivity index is 1.19. The maximum absolute atomic E-state index is 6.38. The molecule has 0 radical (unpaired) electrons. The number of ether oxygens (including phenoxy) is 3. The predicted octanol–water partition coefficient (Wildman–Crippen LogP) is 6.04. The SMILES string of the molecule is COc1cccc(OC)c1Oc1ccccc1N1CCN(CCCc2c[nH]c3ccc(C)cc23)CC1. The second kappa shape index (κ2) is 11.0. The standard InChI is InChI=1S/C30H35N3O3/c1-22-13-14-25-24(20-22)23(21-31-25)8-7-15-32-16-18-33(19-17-32)26-9-4-5-10-27(26)36-30-28(34-2)11-6-12-29(30)35-3/h4-6,9-14,20-21,31H,7-8,15-19H2,1-3H3. The summed E-state index contributed by atoms with van der Waals surface area (Å²) in [5.41, 5.74) is 5.06. The minimum atomic E-state index is 0.598. The lowest BCUT2D eigenvalue weighted by atomic mass is 10.1. The van der Waals surface area contributed by atoms with Crippen molar-refractivity contribution in [2.75, 3.05) is 51.8 Å². The number of nitrogens with zero attached hydrogens (tertiary/aromatic N) is 2. The fraction of sp³-hybridized carbons (Fsp3) is 0.333. The van der Waals surface area contributed by atoms with Gasteiger partial charge in [0.2, 0.25) is 5.75 Å². The van der Waals surface area contributed by atoms with Crippen molar-refractivity contribution in [3.8, 4) is 23.0 Å². The van der Waals surface area contributed by atoms with Gasteiger partial charge in [-0.1, -0.05) is 29.8 Å². The average molecular weight is 486 g/mol. The molecule has 0 saturated carbocycles. The summed E-state index contributed by atoms with van der Waals surface area (Å²) >= 11 is 0. The molecule has 5 rings (SSSR count). The van der Waals surface area contributed by atoms with E-state index in [0.717, 1.165) is 57.0 Å². The molecule has 0 atom stereocenters. The second-order valence-electron chi connectivity index (χ2n) is 9.36. The van der Waals surface area contributed by atoms with Crippen LogP contribution < -0.4 is 19.1 Å². The molecule has 0 spiro atoms. The van der Waals surface area contributed by atoms with E-state index in [1.54, 1.807) is 14.2 Å². The van der Waals surface area contributed by atoms with Crippen molar-refractivity contribution in [3.63, 3.8) is 0 Å². The largest absolute Gasteiger partial charge is 0.493 e. The summed E-state index contributed by atoms with van der Waals surface area (Å²) in [5, 5.41) is 1.36. The van der Waals surface area contributed by atoms with Gasteiger partial charge in [0.1, 0.15) is 0 Å². The number of anilines is 1. The molecule has 188 valence electrons. The van der Waals surface area contributed by atoms with Crippen LogP contribution in [-0.2, 0) is 6.42 Å². The molecule has 0 amide bonds. The summed E-state index contributed by atoms with van der Waals surface area (Å²) in [5.74, 6) is 2.71. The fourth-order valence-corrected chi connectivity index (χ4v) is 5.04. The lowest BCUT2D eigenvalue weighted by molar-refractivity contribution is 0.254. The quantitative estimate of drug-likeness (QED) is 0.313. The molecule has 1 N–H and O–H groups in total. The molecular formula is C30H35N3O3. The van der Waals surface area contributed by atoms with Crippen molar-refractivity contribution in [2.24, 2.45) is 0 Å². The van der Waals surface area contributed by atoms with Gasteiger partial charge in [0.05, 0.1) is 19.9 Å². The Hall–Kier alpha value is -3.64. The van der Waals surface area contributed by atoms with Gasteiger partial charge in [-0.3, -0.25) is 4.90 Å². The van der Waals surface area contributed by atoms with Crippen LogP contribution >= 0.6 is 0 Å². The molecule has 4 aromatic rings. The van der Waals surface area contributed by atoms with Crippen LogP contribution in [0, 0.1) is 6.92 Å². The molecule has 3 aromatic carbocycles. The Morgan fingerprint density at radius 2 is 1.56 bits per heavy atom. The molecule has 36 heavy (non-hydrogen) atoms. The summed E-state index contributed by atoms with van der Waals surface area (Å²) in [6, 6.07) is 20.5. The van der Waals surface area contributed by atoms with E-state index in [9.17, 15) is 0 Å². The maximum Gasteiger partial charge on any atom is 0.211 e. The van der Waals surface area contributed by atoms with Crippen LogP contribution in [0.2, 0.25) is 0 Å². The first-order valence-electron chi connectivity index (χ1n) is 12.7. The number of aromatic nitrogens is 1. The number of aromatic amines is 1. The predicted molar refractivity (Wildman–Crippen MR) is 146 cm³/mol. The number of rotatable bonds is 9. The van der Waals surface area contributed by atoms with Gasteiger partial charge >= 0.3 is 0 Å². The third-order valence-corrected chi connectivity index (χ3v) is 7.02. The van der Waals surface area contributed by atoms with E-state index in [4.69, 9.17) is 14.2 Å². The first-order chi connectivity index (χ1) is 17.7. The topological polar surface area (TPSA) is 50.0 Å². The van der Waals surface area contributed by atoms with Crippen LogP contribution in [0.4, 0.5) is 5.69 Å². The Bertz CT molecular complexity index is 1290. The van der Waals surface area contributed by atoms with Gasteiger partial charge in [0, 0.05) is 43.3 Å². The van der Waals surface area contributed by atoms with E-state index in [1.807, 2.05) is 30.3 Å². The van der Waals surface area contributed by atoms with Crippen molar-refractivity contribution in [1.29, 1.82) is 0 Å². The highest BCUT2D eigenvalue weighted by Crippen LogP contribution is 2.42. The monoisotopic (exact) mass is 485 g/mol. The Morgan fingerprint density at radius 3 is 2.31 bits per heavy atom. The molecular weight excluding hydrogens is 450 g/mol. The van der Waals surface area contributed by atoms with Gasteiger partial charge in [0.15, 0.2) is 17.2 Å². The molecule has 1 aromatic heterocycles. The van der Waals surface area contributed by atoms with Crippen molar-refractivity contribution < 1.29 is 14.2 Å². The summed E-state index contributed by atoms with van der Waals surface area (Å²) in [4.78, 5) is 8.40. The molecule has 1 saturated heterocycles. The Kier molecular flexibility index (Phi) is 7.33. The summed E-state index contributed by atoms with van der Waals surface area (Å²) in [7, 11) is 3.29. The van der Waals surface area contributed by atoms with E-state index in [2.05, 4.69) is 58.2 Å². The Morgan fingerprint density at radius 1 is 0.833 bits per heavy atom. The molecule has 6 heteroatoms. The van der Waals surface area contributed by atoms with Gasteiger partial charge < -0.3 is 24.1 Å².